The molecule has 1 aliphatic rings. The molecule has 1 N–H and O–H groups in total. The van der Waals surface area contributed by atoms with Crippen LogP contribution in [0.15, 0.2) is 29.6 Å². The van der Waals surface area contributed by atoms with Crippen LogP contribution in [0.25, 0.3) is 0 Å². The summed E-state index contributed by atoms with van der Waals surface area (Å²) in [4.78, 5) is 52.8. The first-order valence-electron chi connectivity index (χ1n) is 8.43. The van der Waals surface area contributed by atoms with Gasteiger partial charge in [0, 0.05) is 10.9 Å². The van der Waals surface area contributed by atoms with E-state index in [9.17, 15) is 19.2 Å². The fourth-order valence-corrected chi connectivity index (χ4v) is 3.93. The van der Waals surface area contributed by atoms with E-state index in [0.717, 1.165) is 11.8 Å². The van der Waals surface area contributed by atoms with Crippen molar-refractivity contribution in [2.75, 3.05) is 17.7 Å². The molecule has 1 aromatic heterocycles. The summed E-state index contributed by atoms with van der Waals surface area (Å²) < 4.78 is 4.87. The van der Waals surface area contributed by atoms with Gasteiger partial charge in [0.25, 0.3) is 11.1 Å². The lowest BCUT2D eigenvalue weighted by molar-refractivity contribution is -0.142. The van der Waals surface area contributed by atoms with Crippen molar-refractivity contribution < 1.29 is 23.9 Å². The molecule has 3 rings (SSSR count). The van der Waals surface area contributed by atoms with Crippen molar-refractivity contribution in [2.24, 2.45) is 0 Å². The van der Waals surface area contributed by atoms with Crippen molar-refractivity contribution in [3.8, 4) is 0 Å². The van der Waals surface area contributed by atoms with Crippen LogP contribution in [0, 0.1) is 0 Å². The number of carbonyl (C=O) groups excluding carboxylic acids is 4. The molecule has 0 bridgehead atoms. The van der Waals surface area contributed by atoms with E-state index in [-0.39, 0.29) is 41.7 Å². The minimum atomic E-state index is -0.373. The van der Waals surface area contributed by atoms with E-state index >= 15 is 0 Å². The number of imide groups is 1. The van der Waals surface area contributed by atoms with E-state index < -0.39 is 0 Å². The first kappa shape index (κ1) is 20.0. The highest BCUT2D eigenvalue weighted by molar-refractivity contribution is 8.14. The molecule has 0 atom stereocenters. The summed E-state index contributed by atoms with van der Waals surface area (Å²) in [6.07, 6.45) is 0.0472. The Morgan fingerprint density at radius 1 is 1.32 bits per heavy atom. The molecule has 0 saturated carbocycles. The summed E-state index contributed by atoms with van der Waals surface area (Å²) in [5.41, 5.74) is 1.58. The number of rotatable bonds is 7. The maximum absolute atomic E-state index is 12.5. The molecule has 28 heavy (non-hydrogen) atoms. The number of nitrogens with one attached hydrogen (secondary N) is 1. The Kier molecular flexibility index (Phi) is 6.42. The van der Waals surface area contributed by atoms with Crippen molar-refractivity contribution in [3.05, 3.63) is 46.5 Å². The van der Waals surface area contributed by atoms with Gasteiger partial charge in [0.2, 0.25) is 5.91 Å². The van der Waals surface area contributed by atoms with Crippen LogP contribution < -0.4 is 5.32 Å². The van der Waals surface area contributed by atoms with Crippen LogP contribution in [0.5, 0.6) is 0 Å². The van der Waals surface area contributed by atoms with Gasteiger partial charge in [0.1, 0.15) is 0 Å². The van der Waals surface area contributed by atoms with Crippen LogP contribution in [0.3, 0.4) is 0 Å². The Morgan fingerprint density at radius 3 is 2.86 bits per heavy atom. The quantitative estimate of drug-likeness (QED) is 0.688. The van der Waals surface area contributed by atoms with Crippen LogP contribution in [-0.2, 0) is 27.3 Å². The predicted molar refractivity (Wildman–Crippen MR) is 105 cm³/mol. The predicted octanol–water partition coefficient (Wildman–Crippen LogP) is 2.70. The molecular formula is C18H17N3O5S2. The molecule has 0 spiro atoms. The van der Waals surface area contributed by atoms with Gasteiger partial charge in [-0.05, 0) is 24.6 Å². The monoisotopic (exact) mass is 419 g/mol. The van der Waals surface area contributed by atoms with Crippen LogP contribution in [0.4, 0.5) is 9.93 Å². The number of thiazole rings is 1. The molecule has 1 saturated heterocycles. The highest BCUT2D eigenvalue weighted by Crippen LogP contribution is 2.22. The molecule has 146 valence electrons. The third kappa shape index (κ3) is 4.96. The first-order chi connectivity index (χ1) is 13.5. The third-order valence-electron chi connectivity index (χ3n) is 3.77. The molecule has 0 aliphatic carbocycles. The van der Waals surface area contributed by atoms with E-state index in [1.54, 1.807) is 36.6 Å². The highest BCUT2D eigenvalue weighted by atomic mass is 32.2. The number of benzene rings is 1. The topological polar surface area (TPSA) is 106 Å². The molecule has 10 heteroatoms. The number of hydrogen-bond acceptors (Lipinski definition) is 8. The lowest BCUT2D eigenvalue weighted by Crippen LogP contribution is -2.28. The smallest absolute Gasteiger partial charge is 0.311 e. The maximum atomic E-state index is 12.5. The van der Waals surface area contributed by atoms with Gasteiger partial charge in [-0.15, -0.1) is 11.3 Å². The van der Waals surface area contributed by atoms with Crippen molar-refractivity contribution in [3.63, 3.8) is 0 Å². The number of ether oxygens (including phenoxy) is 1. The summed E-state index contributed by atoms with van der Waals surface area (Å²) in [6, 6.07) is 6.71. The SMILES string of the molecule is CCOC(=O)Cc1csc(NC(=O)c2cccc(CN3C(=O)CSC3=O)c2)n1. The van der Waals surface area contributed by atoms with Gasteiger partial charge in [-0.1, -0.05) is 23.9 Å². The number of thioether (sulfide) groups is 1. The second kappa shape index (κ2) is 8.98. The van der Waals surface area contributed by atoms with Gasteiger partial charge in [0.15, 0.2) is 5.13 Å². The number of amides is 3. The Bertz CT molecular complexity index is 911. The van der Waals surface area contributed by atoms with Gasteiger partial charge in [-0.25, -0.2) is 4.98 Å². The summed E-state index contributed by atoms with van der Waals surface area (Å²) >= 11 is 2.19. The number of nitrogens with zero attached hydrogens (tertiary/aromatic N) is 2. The second-order valence-electron chi connectivity index (χ2n) is 5.81. The minimum Gasteiger partial charge on any atom is -0.466 e. The summed E-state index contributed by atoms with van der Waals surface area (Å²) in [6.45, 7) is 2.16. The molecule has 2 aromatic rings. The normalized spacial score (nSPS) is 13.7. The summed E-state index contributed by atoms with van der Waals surface area (Å²) in [7, 11) is 0. The van der Waals surface area contributed by atoms with Crippen molar-refractivity contribution in [1.82, 2.24) is 9.88 Å². The highest BCUT2D eigenvalue weighted by Gasteiger charge is 2.29. The molecule has 3 amide bonds. The molecule has 2 heterocycles. The fourth-order valence-electron chi connectivity index (χ4n) is 2.50. The average Bonchev–Trinajstić information content (AvgIpc) is 3.23. The van der Waals surface area contributed by atoms with E-state index in [1.807, 2.05) is 0 Å². The molecule has 0 radical (unpaired) electrons. The largest absolute Gasteiger partial charge is 0.466 e. The van der Waals surface area contributed by atoms with Crippen molar-refractivity contribution in [2.45, 2.75) is 19.9 Å². The molecule has 0 unspecified atom stereocenters. The molecule has 1 fully saturated rings. The number of aromatic nitrogens is 1. The van der Waals surface area contributed by atoms with Crippen LogP contribution >= 0.6 is 23.1 Å². The zero-order valence-electron chi connectivity index (χ0n) is 15.0. The molecule has 1 aromatic carbocycles. The van der Waals surface area contributed by atoms with E-state index in [0.29, 0.717) is 28.6 Å². The summed E-state index contributed by atoms with van der Waals surface area (Å²) in [5, 5.41) is 4.46. The van der Waals surface area contributed by atoms with Gasteiger partial charge in [-0.3, -0.25) is 29.4 Å². The number of hydrogen-bond donors (Lipinski definition) is 1. The standard InChI is InChI=1S/C18H17N3O5S2/c1-2-26-15(23)7-13-9-27-17(19-13)20-16(24)12-5-3-4-11(6-12)8-21-14(22)10-28-18(21)25/h3-6,9H,2,7-8,10H2,1H3,(H,19,20,24). The van der Waals surface area contributed by atoms with Gasteiger partial charge in [-0.2, -0.15) is 0 Å². The van der Waals surface area contributed by atoms with Gasteiger partial charge in [0.05, 0.1) is 31.0 Å². The Labute approximate surface area is 169 Å². The molecular weight excluding hydrogens is 402 g/mol. The van der Waals surface area contributed by atoms with Crippen molar-refractivity contribution >= 4 is 51.3 Å². The summed E-state index contributed by atoms with van der Waals surface area (Å²) in [5.74, 6) is -0.825. The van der Waals surface area contributed by atoms with E-state index in [4.69, 9.17) is 4.74 Å². The third-order valence-corrected chi connectivity index (χ3v) is 5.44. The zero-order valence-corrected chi connectivity index (χ0v) is 16.6. The lowest BCUT2D eigenvalue weighted by atomic mass is 10.1. The van der Waals surface area contributed by atoms with Crippen LogP contribution in [0.2, 0.25) is 0 Å². The van der Waals surface area contributed by atoms with Crippen molar-refractivity contribution in [1.29, 1.82) is 0 Å². The maximum Gasteiger partial charge on any atom is 0.311 e. The van der Waals surface area contributed by atoms with Crippen LogP contribution in [0.1, 0.15) is 28.5 Å². The zero-order chi connectivity index (χ0) is 20.1. The number of anilines is 1. The van der Waals surface area contributed by atoms with Gasteiger partial charge < -0.3 is 4.74 Å². The van der Waals surface area contributed by atoms with E-state index in [1.165, 1.54) is 16.2 Å². The van der Waals surface area contributed by atoms with Crippen LogP contribution in [-0.4, -0.2) is 45.3 Å². The Morgan fingerprint density at radius 2 is 2.14 bits per heavy atom. The van der Waals surface area contributed by atoms with Gasteiger partial charge >= 0.3 is 5.97 Å². The second-order valence-corrected chi connectivity index (χ2v) is 7.60. The number of esters is 1. The Balaban J connectivity index is 1.63. The first-order valence-corrected chi connectivity index (χ1v) is 10.3. The fraction of sp³-hybridized carbons (Fsp3) is 0.278. The average molecular weight is 419 g/mol. The van der Waals surface area contributed by atoms with E-state index in [2.05, 4.69) is 10.3 Å². The number of carbonyl (C=O) groups is 4. The Hall–Kier alpha value is -2.72. The lowest BCUT2D eigenvalue weighted by Gasteiger charge is -2.13. The molecule has 8 nitrogen and oxygen atoms in total. The minimum absolute atomic E-state index is 0.0472. The molecule has 1 aliphatic heterocycles.